The van der Waals surface area contributed by atoms with Gasteiger partial charge in [-0.3, -0.25) is 0 Å². The molecule has 1 heterocycles. The predicted octanol–water partition coefficient (Wildman–Crippen LogP) is 0.950. The van der Waals surface area contributed by atoms with E-state index in [1.54, 1.807) is 19.2 Å². The molecule has 17 heavy (non-hydrogen) atoms. The molecule has 0 radical (unpaired) electrons. The van der Waals surface area contributed by atoms with Crippen LogP contribution >= 0.6 is 0 Å². The number of methoxy groups -OCH3 is 1. The Bertz CT molecular complexity index is 424. The highest BCUT2D eigenvalue weighted by atomic mass is 32.2. The Labute approximate surface area is 102 Å². The second-order valence-corrected chi connectivity index (χ2v) is 6.02. The van der Waals surface area contributed by atoms with E-state index in [0.29, 0.717) is 25.3 Å². The molecule has 0 fully saturated rings. The van der Waals surface area contributed by atoms with Crippen LogP contribution in [-0.4, -0.2) is 34.9 Å². The van der Waals surface area contributed by atoms with Crippen molar-refractivity contribution in [3.63, 3.8) is 0 Å². The van der Waals surface area contributed by atoms with E-state index < -0.39 is 9.84 Å². The number of sulfone groups is 1. The van der Waals surface area contributed by atoms with Gasteiger partial charge in [0.2, 0.25) is 0 Å². The van der Waals surface area contributed by atoms with Crippen LogP contribution in [0.4, 0.5) is 0 Å². The number of hydrogen-bond donors (Lipinski definition) is 1. The number of hydrogen-bond acceptors (Lipinski definition) is 5. The monoisotopic (exact) mass is 261 g/mol. The maximum absolute atomic E-state index is 11.7. The number of rotatable bonds is 8. The fourth-order valence-corrected chi connectivity index (χ4v) is 2.77. The molecule has 0 unspecified atom stereocenters. The molecule has 5 nitrogen and oxygen atoms in total. The quantitative estimate of drug-likeness (QED) is 0.706. The summed E-state index contributed by atoms with van der Waals surface area (Å²) in [5.41, 5.74) is 0. The normalized spacial score (nSPS) is 11.9. The van der Waals surface area contributed by atoms with Crippen molar-refractivity contribution in [1.29, 1.82) is 0 Å². The summed E-state index contributed by atoms with van der Waals surface area (Å²) in [7, 11) is 0.265. The van der Waals surface area contributed by atoms with Crippen LogP contribution in [0.15, 0.2) is 16.5 Å². The van der Waals surface area contributed by atoms with Crippen molar-refractivity contribution in [2.75, 3.05) is 26.5 Å². The third-order valence-corrected chi connectivity index (χ3v) is 3.87. The molecule has 0 aromatic carbocycles. The molecule has 6 heteroatoms. The average Bonchev–Trinajstić information content (AvgIpc) is 2.65. The van der Waals surface area contributed by atoms with Crippen molar-refractivity contribution in [1.82, 2.24) is 5.32 Å². The Hall–Kier alpha value is -0.850. The lowest BCUT2D eigenvalue weighted by Gasteiger charge is -2.02. The van der Waals surface area contributed by atoms with E-state index in [1.807, 2.05) is 7.05 Å². The smallest absolute Gasteiger partial charge is 0.157 e. The molecule has 0 saturated heterocycles. The molecule has 98 valence electrons. The molecule has 1 aromatic heterocycles. The van der Waals surface area contributed by atoms with Gasteiger partial charge in [0.05, 0.1) is 12.3 Å². The summed E-state index contributed by atoms with van der Waals surface area (Å²) >= 11 is 0. The van der Waals surface area contributed by atoms with Crippen molar-refractivity contribution in [3.8, 4) is 0 Å². The van der Waals surface area contributed by atoms with Gasteiger partial charge in [-0.2, -0.15) is 0 Å². The van der Waals surface area contributed by atoms with E-state index in [1.165, 1.54) is 0 Å². The van der Waals surface area contributed by atoms with Gasteiger partial charge >= 0.3 is 0 Å². The predicted molar refractivity (Wildman–Crippen MR) is 65.5 cm³/mol. The van der Waals surface area contributed by atoms with Crippen LogP contribution in [0.2, 0.25) is 0 Å². The molecule has 1 N–H and O–H groups in total. The summed E-state index contributed by atoms with van der Waals surface area (Å²) in [6.07, 6.45) is 0.517. The Morgan fingerprint density at radius 3 is 2.71 bits per heavy atom. The van der Waals surface area contributed by atoms with E-state index in [2.05, 4.69) is 5.32 Å². The second-order valence-electron chi connectivity index (χ2n) is 3.84. The summed E-state index contributed by atoms with van der Waals surface area (Å²) in [5, 5.41) is 2.94. The lowest BCUT2D eigenvalue weighted by Crippen LogP contribution is -2.10. The zero-order valence-corrected chi connectivity index (χ0v) is 11.0. The van der Waals surface area contributed by atoms with E-state index >= 15 is 0 Å². The first-order valence-corrected chi connectivity index (χ1v) is 7.31. The minimum absolute atomic E-state index is 0.0412. The van der Waals surface area contributed by atoms with Crippen molar-refractivity contribution in [2.45, 2.75) is 18.7 Å². The van der Waals surface area contributed by atoms with Gasteiger partial charge < -0.3 is 14.5 Å². The maximum atomic E-state index is 11.7. The van der Waals surface area contributed by atoms with Gasteiger partial charge in [0.25, 0.3) is 0 Å². The first kappa shape index (κ1) is 14.2. The fraction of sp³-hybridized carbons (Fsp3) is 0.636. The standard InChI is InChI=1S/C11H19NO4S/c1-12-8-10-4-5-11(16-10)9-17(13,14)7-3-6-15-2/h4-5,12H,3,6-9H2,1-2H3. The van der Waals surface area contributed by atoms with Crippen LogP contribution in [0.5, 0.6) is 0 Å². The topological polar surface area (TPSA) is 68.5 Å². The zero-order valence-electron chi connectivity index (χ0n) is 10.2. The molecule has 0 amide bonds. The lowest BCUT2D eigenvalue weighted by atomic mass is 10.4. The minimum atomic E-state index is -3.10. The molecule has 0 saturated carbocycles. The summed E-state index contributed by atoms with van der Waals surface area (Å²) in [6.45, 7) is 1.06. The number of furan rings is 1. The van der Waals surface area contributed by atoms with Gasteiger partial charge in [-0.15, -0.1) is 0 Å². The van der Waals surface area contributed by atoms with Crippen LogP contribution in [0.1, 0.15) is 17.9 Å². The third-order valence-electron chi connectivity index (χ3n) is 2.23. The maximum Gasteiger partial charge on any atom is 0.157 e. The summed E-state index contributed by atoms with van der Waals surface area (Å²) in [5.74, 6) is 1.32. The SMILES string of the molecule is CNCc1ccc(CS(=O)(=O)CCCOC)o1. The molecule has 1 rings (SSSR count). The van der Waals surface area contributed by atoms with E-state index in [-0.39, 0.29) is 11.5 Å². The van der Waals surface area contributed by atoms with Crippen LogP contribution in [0.25, 0.3) is 0 Å². The molecule has 1 aromatic rings. The highest BCUT2D eigenvalue weighted by Gasteiger charge is 2.14. The van der Waals surface area contributed by atoms with E-state index in [0.717, 1.165) is 5.76 Å². The zero-order chi connectivity index (χ0) is 12.7. The first-order valence-electron chi connectivity index (χ1n) is 5.49. The van der Waals surface area contributed by atoms with Crippen LogP contribution in [-0.2, 0) is 26.9 Å². The van der Waals surface area contributed by atoms with Crippen LogP contribution in [0.3, 0.4) is 0 Å². The Kier molecular flexibility index (Phi) is 5.67. The lowest BCUT2D eigenvalue weighted by molar-refractivity contribution is 0.199. The highest BCUT2D eigenvalue weighted by molar-refractivity contribution is 7.90. The average molecular weight is 261 g/mol. The largest absolute Gasteiger partial charge is 0.464 e. The minimum Gasteiger partial charge on any atom is -0.464 e. The number of ether oxygens (including phenoxy) is 1. The summed E-state index contributed by atoms with van der Waals surface area (Å²) in [6, 6.07) is 3.50. The van der Waals surface area contributed by atoms with Gasteiger partial charge in [0.1, 0.15) is 17.3 Å². The third kappa shape index (κ3) is 5.34. The van der Waals surface area contributed by atoms with Crippen molar-refractivity contribution in [3.05, 3.63) is 23.7 Å². The molecule has 0 atom stereocenters. The molecule has 0 spiro atoms. The van der Waals surface area contributed by atoms with Gasteiger partial charge in [-0.25, -0.2) is 8.42 Å². The van der Waals surface area contributed by atoms with Gasteiger partial charge in [0.15, 0.2) is 9.84 Å². The molecule has 0 aliphatic rings. The second kappa shape index (κ2) is 6.78. The van der Waals surface area contributed by atoms with Crippen molar-refractivity contribution in [2.24, 2.45) is 0 Å². The summed E-state index contributed by atoms with van der Waals surface area (Å²) in [4.78, 5) is 0. The summed E-state index contributed by atoms with van der Waals surface area (Å²) < 4.78 is 33.6. The molecule has 0 aliphatic carbocycles. The Balaban J connectivity index is 2.50. The Morgan fingerprint density at radius 2 is 2.06 bits per heavy atom. The van der Waals surface area contributed by atoms with Gasteiger partial charge in [-0.05, 0) is 25.6 Å². The molecule has 0 bridgehead atoms. The Morgan fingerprint density at radius 1 is 1.35 bits per heavy atom. The molecule has 0 aliphatic heterocycles. The van der Waals surface area contributed by atoms with Gasteiger partial charge in [0, 0.05) is 13.7 Å². The van der Waals surface area contributed by atoms with Crippen molar-refractivity contribution >= 4 is 9.84 Å². The van der Waals surface area contributed by atoms with E-state index in [4.69, 9.17) is 9.15 Å². The highest BCUT2D eigenvalue weighted by Crippen LogP contribution is 2.12. The molecular weight excluding hydrogens is 242 g/mol. The first-order chi connectivity index (χ1) is 8.07. The van der Waals surface area contributed by atoms with Crippen LogP contribution < -0.4 is 5.32 Å². The fourth-order valence-electron chi connectivity index (χ4n) is 1.48. The van der Waals surface area contributed by atoms with E-state index in [9.17, 15) is 8.42 Å². The van der Waals surface area contributed by atoms with Crippen molar-refractivity contribution < 1.29 is 17.6 Å². The van der Waals surface area contributed by atoms with Gasteiger partial charge in [-0.1, -0.05) is 0 Å². The molecular formula is C11H19NO4S. The van der Waals surface area contributed by atoms with Crippen LogP contribution in [0, 0.1) is 0 Å². The number of nitrogens with one attached hydrogen (secondary N) is 1.